The van der Waals surface area contributed by atoms with Crippen LogP contribution in [0.3, 0.4) is 0 Å². The van der Waals surface area contributed by atoms with E-state index in [0.717, 1.165) is 0 Å². The fourth-order valence-corrected chi connectivity index (χ4v) is 1.75. The van der Waals surface area contributed by atoms with Gasteiger partial charge in [0.1, 0.15) is 5.82 Å². The van der Waals surface area contributed by atoms with Gasteiger partial charge in [0.15, 0.2) is 0 Å². The zero-order valence-electron chi connectivity index (χ0n) is 6.35. The van der Waals surface area contributed by atoms with Gasteiger partial charge in [-0.3, -0.25) is 4.79 Å². The standard InChI is InChI=1S/C8H5Br2FO2/c9-5-1-4(2-7(12)13)8(10)6(11)3-5/h1,3H,2H2,(H,12,13). The molecule has 13 heavy (non-hydrogen) atoms. The van der Waals surface area contributed by atoms with Crippen LogP contribution >= 0.6 is 31.9 Å². The maximum atomic E-state index is 13.0. The highest BCUT2D eigenvalue weighted by molar-refractivity contribution is 9.11. The van der Waals surface area contributed by atoms with Crippen LogP contribution in [0.2, 0.25) is 0 Å². The quantitative estimate of drug-likeness (QED) is 0.853. The third-order valence-electron chi connectivity index (χ3n) is 1.41. The molecule has 0 aliphatic heterocycles. The second kappa shape index (κ2) is 4.19. The molecule has 1 rings (SSSR count). The Hall–Kier alpha value is -0.420. The number of rotatable bonds is 2. The number of carbonyl (C=O) groups is 1. The molecule has 5 heteroatoms. The maximum absolute atomic E-state index is 13.0. The van der Waals surface area contributed by atoms with Crippen LogP contribution in [0.4, 0.5) is 4.39 Å². The lowest BCUT2D eigenvalue weighted by molar-refractivity contribution is -0.136. The molecule has 0 bridgehead atoms. The number of carboxylic acid groups (broad SMARTS) is 1. The predicted molar refractivity (Wildman–Crippen MR) is 53.1 cm³/mol. The summed E-state index contributed by atoms with van der Waals surface area (Å²) >= 11 is 6.07. The zero-order chi connectivity index (χ0) is 10.0. The fourth-order valence-electron chi connectivity index (χ4n) is 0.901. The summed E-state index contributed by atoms with van der Waals surface area (Å²) < 4.78 is 13.8. The third-order valence-corrected chi connectivity index (χ3v) is 2.76. The van der Waals surface area contributed by atoms with E-state index in [2.05, 4.69) is 31.9 Å². The number of hydrogen-bond acceptors (Lipinski definition) is 1. The van der Waals surface area contributed by atoms with Crippen molar-refractivity contribution in [1.82, 2.24) is 0 Å². The van der Waals surface area contributed by atoms with E-state index in [9.17, 15) is 9.18 Å². The first-order valence-electron chi connectivity index (χ1n) is 3.36. The van der Waals surface area contributed by atoms with Crippen LogP contribution in [0.1, 0.15) is 5.56 Å². The van der Waals surface area contributed by atoms with Crippen LogP contribution in [0.5, 0.6) is 0 Å². The molecule has 0 aliphatic carbocycles. The van der Waals surface area contributed by atoms with E-state index in [4.69, 9.17) is 5.11 Å². The highest BCUT2D eigenvalue weighted by Gasteiger charge is 2.10. The minimum Gasteiger partial charge on any atom is -0.481 e. The summed E-state index contributed by atoms with van der Waals surface area (Å²) in [5.41, 5.74) is 0.416. The van der Waals surface area contributed by atoms with Gasteiger partial charge < -0.3 is 5.11 Å². The Morgan fingerprint density at radius 1 is 1.46 bits per heavy atom. The minimum absolute atomic E-state index is 0.197. The number of aliphatic carboxylic acids is 1. The lowest BCUT2D eigenvalue weighted by Gasteiger charge is -2.03. The largest absolute Gasteiger partial charge is 0.481 e. The first-order valence-corrected chi connectivity index (χ1v) is 4.94. The van der Waals surface area contributed by atoms with Crippen molar-refractivity contribution in [2.45, 2.75) is 6.42 Å². The molecule has 0 spiro atoms. The molecular formula is C8H5Br2FO2. The average molecular weight is 312 g/mol. The van der Waals surface area contributed by atoms with Crippen molar-refractivity contribution in [2.24, 2.45) is 0 Å². The summed E-state index contributed by atoms with van der Waals surface area (Å²) in [6.07, 6.45) is -0.197. The van der Waals surface area contributed by atoms with E-state index in [1.54, 1.807) is 6.07 Å². The van der Waals surface area contributed by atoms with Crippen molar-refractivity contribution in [3.63, 3.8) is 0 Å². The van der Waals surface area contributed by atoms with Crippen molar-refractivity contribution in [2.75, 3.05) is 0 Å². The lowest BCUT2D eigenvalue weighted by Crippen LogP contribution is -2.01. The molecule has 2 nitrogen and oxygen atoms in total. The molecule has 1 N–H and O–H groups in total. The SMILES string of the molecule is O=C(O)Cc1cc(Br)cc(F)c1Br. The molecule has 0 saturated carbocycles. The van der Waals surface area contributed by atoms with Gasteiger partial charge in [0.25, 0.3) is 0 Å². The Labute approximate surface area is 91.0 Å². The first-order chi connectivity index (χ1) is 6.00. The van der Waals surface area contributed by atoms with Crippen LogP contribution in [-0.2, 0) is 11.2 Å². The molecule has 0 aromatic heterocycles. The second-order valence-electron chi connectivity index (χ2n) is 2.43. The Bertz CT molecular complexity index is 352. The molecule has 0 atom stereocenters. The topological polar surface area (TPSA) is 37.3 Å². The van der Waals surface area contributed by atoms with Gasteiger partial charge in [-0.05, 0) is 33.6 Å². The molecule has 70 valence electrons. The monoisotopic (exact) mass is 310 g/mol. The summed E-state index contributed by atoms with van der Waals surface area (Å²) in [4.78, 5) is 10.4. The molecule has 0 saturated heterocycles. The normalized spacial score (nSPS) is 10.1. The van der Waals surface area contributed by atoms with Crippen LogP contribution in [0, 0.1) is 5.82 Å². The van der Waals surface area contributed by atoms with E-state index in [1.165, 1.54) is 6.07 Å². The minimum atomic E-state index is -0.988. The summed E-state index contributed by atoms with van der Waals surface area (Å²) in [6.45, 7) is 0. The van der Waals surface area contributed by atoms with Crippen LogP contribution in [-0.4, -0.2) is 11.1 Å². The Morgan fingerprint density at radius 2 is 2.08 bits per heavy atom. The van der Waals surface area contributed by atoms with E-state index < -0.39 is 11.8 Å². The molecule has 1 aromatic rings. The van der Waals surface area contributed by atoms with Crippen molar-refractivity contribution in [1.29, 1.82) is 0 Å². The lowest BCUT2D eigenvalue weighted by atomic mass is 10.1. The molecule has 1 aromatic carbocycles. The van der Waals surface area contributed by atoms with Crippen molar-refractivity contribution < 1.29 is 14.3 Å². The van der Waals surface area contributed by atoms with Crippen molar-refractivity contribution in [3.05, 3.63) is 32.5 Å². The van der Waals surface area contributed by atoms with Gasteiger partial charge in [-0.25, -0.2) is 4.39 Å². The average Bonchev–Trinajstić information content (AvgIpc) is 1.98. The summed E-state index contributed by atoms with van der Waals surface area (Å²) in [6, 6.07) is 2.84. The number of benzene rings is 1. The van der Waals surface area contributed by atoms with Gasteiger partial charge in [0, 0.05) is 4.47 Å². The Morgan fingerprint density at radius 3 is 2.62 bits per heavy atom. The van der Waals surface area contributed by atoms with E-state index in [-0.39, 0.29) is 10.9 Å². The number of hydrogen-bond donors (Lipinski definition) is 1. The molecule has 0 aliphatic rings. The van der Waals surface area contributed by atoms with Gasteiger partial charge in [-0.2, -0.15) is 0 Å². The van der Waals surface area contributed by atoms with Gasteiger partial charge in [0.2, 0.25) is 0 Å². The summed E-state index contributed by atoms with van der Waals surface area (Å²) in [7, 11) is 0. The smallest absolute Gasteiger partial charge is 0.307 e. The number of halogens is 3. The van der Waals surface area contributed by atoms with Crippen molar-refractivity contribution >= 4 is 37.8 Å². The van der Waals surface area contributed by atoms with Crippen LogP contribution in [0.15, 0.2) is 21.1 Å². The molecule has 0 heterocycles. The fraction of sp³-hybridized carbons (Fsp3) is 0.125. The zero-order valence-corrected chi connectivity index (χ0v) is 9.52. The van der Waals surface area contributed by atoms with E-state index in [0.29, 0.717) is 10.0 Å². The first kappa shape index (κ1) is 10.7. The highest BCUT2D eigenvalue weighted by Crippen LogP contribution is 2.25. The van der Waals surface area contributed by atoms with Crippen molar-refractivity contribution in [3.8, 4) is 0 Å². The Balaban J connectivity index is 3.12. The summed E-state index contributed by atoms with van der Waals surface area (Å²) in [5, 5.41) is 8.51. The molecule has 0 fully saturated rings. The van der Waals surface area contributed by atoms with E-state index >= 15 is 0 Å². The van der Waals surface area contributed by atoms with Gasteiger partial charge >= 0.3 is 5.97 Å². The third kappa shape index (κ3) is 2.77. The second-order valence-corrected chi connectivity index (χ2v) is 4.14. The molecule has 0 radical (unpaired) electrons. The maximum Gasteiger partial charge on any atom is 0.307 e. The van der Waals surface area contributed by atoms with Gasteiger partial charge in [-0.15, -0.1) is 0 Å². The molecule has 0 amide bonds. The summed E-state index contributed by atoms with van der Waals surface area (Å²) in [5.74, 6) is -1.45. The number of carboxylic acids is 1. The van der Waals surface area contributed by atoms with E-state index in [1.807, 2.05) is 0 Å². The van der Waals surface area contributed by atoms with Gasteiger partial charge in [0.05, 0.1) is 10.9 Å². The van der Waals surface area contributed by atoms with Crippen LogP contribution in [0.25, 0.3) is 0 Å². The highest BCUT2D eigenvalue weighted by atomic mass is 79.9. The van der Waals surface area contributed by atoms with Gasteiger partial charge in [-0.1, -0.05) is 15.9 Å². The molecular weight excluding hydrogens is 307 g/mol. The Kier molecular flexibility index (Phi) is 3.44. The predicted octanol–water partition coefficient (Wildman–Crippen LogP) is 2.98. The molecule has 0 unspecified atom stereocenters. The van der Waals surface area contributed by atoms with Crippen LogP contribution < -0.4 is 0 Å².